The van der Waals surface area contributed by atoms with Gasteiger partial charge in [-0.15, -0.1) is 0 Å². The number of aromatic nitrogens is 2. The minimum Gasteiger partial charge on any atom is -0.244 e. The number of hydrogen-bond donors (Lipinski definition) is 0. The molecule has 1 heterocycles. The van der Waals surface area contributed by atoms with Crippen molar-refractivity contribution in [2.75, 3.05) is 0 Å². The number of halogens is 2. The van der Waals surface area contributed by atoms with Gasteiger partial charge in [-0.1, -0.05) is 53.5 Å². The molecule has 4 heteroatoms. The minimum absolute atomic E-state index is 0.104. The third kappa shape index (κ3) is 1.95. The second-order valence-corrected chi connectivity index (χ2v) is 5.83. The van der Waals surface area contributed by atoms with Gasteiger partial charge in [0.2, 0.25) is 0 Å². The SMILES string of the molecule is Clc1ccc(C2c3ccccc3-c3ncncc32)cc1Cl. The molecule has 1 unspecified atom stereocenters. The zero-order valence-corrected chi connectivity index (χ0v) is 12.4. The Bertz CT molecular complexity index is 800. The number of hydrogen-bond acceptors (Lipinski definition) is 2. The molecular weight excluding hydrogens is 303 g/mol. The summed E-state index contributed by atoms with van der Waals surface area (Å²) in [4.78, 5) is 8.63. The van der Waals surface area contributed by atoms with Crippen molar-refractivity contribution in [3.63, 3.8) is 0 Å². The van der Waals surface area contributed by atoms with E-state index in [4.69, 9.17) is 23.2 Å². The Kier molecular flexibility index (Phi) is 2.95. The van der Waals surface area contributed by atoms with E-state index < -0.39 is 0 Å². The molecule has 0 aliphatic heterocycles. The van der Waals surface area contributed by atoms with Crippen molar-refractivity contribution < 1.29 is 0 Å². The number of fused-ring (bicyclic) bond motifs is 3. The summed E-state index contributed by atoms with van der Waals surface area (Å²) in [6, 6.07) is 14.1. The lowest BCUT2D eigenvalue weighted by molar-refractivity contribution is 0.987. The maximum Gasteiger partial charge on any atom is 0.116 e. The molecule has 0 amide bonds. The number of benzene rings is 2. The molecule has 2 aromatic carbocycles. The van der Waals surface area contributed by atoms with Gasteiger partial charge in [0.25, 0.3) is 0 Å². The molecule has 4 rings (SSSR count). The molecule has 102 valence electrons. The summed E-state index contributed by atoms with van der Waals surface area (Å²) in [6.07, 6.45) is 3.47. The van der Waals surface area contributed by atoms with Crippen LogP contribution in [0.25, 0.3) is 11.3 Å². The van der Waals surface area contributed by atoms with Gasteiger partial charge in [0, 0.05) is 23.2 Å². The maximum atomic E-state index is 6.18. The summed E-state index contributed by atoms with van der Waals surface area (Å²) in [5.41, 5.74) is 5.59. The number of rotatable bonds is 1. The molecular formula is C17H10Cl2N2. The van der Waals surface area contributed by atoms with Gasteiger partial charge in [-0.25, -0.2) is 9.97 Å². The van der Waals surface area contributed by atoms with Gasteiger partial charge in [-0.2, -0.15) is 0 Å². The zero-order chi connectivity index (χ0) is 14.4. The van der Waals surface area contributed by atoms with Crippen LogP contribution in [0, 0.1) is 0 Å². The van der Waals surface area contributed by atoms with Crippen molar-refractivity contribution in [2.45, 2.75) is 5.92 Å². The van der Waals surface area contributed by atoms with E-state index in [1.54, 1.807) is 6.33 Å². The highest BCUT2D eigenvalue weighted by Gasteiger charge is 2.31. The molecule has 1 atom stereocenters. The molecule has 0 saturated carbocycles. The molecule has 0 saturated heterocycles. The van der Waals surface area contributed by atoms with E-state index in [0.717, 1.165) is 22.4 Å². The monoisotopic (exact) mass is 312 g/mol. The maximum absolute atomic E-state index is 6.18. The fourth-order valence-corrected chi connectivity index (χ4v) is 3.27. The van der Waals surface area contributed by atoms with Gasteiger partial charge < -0.3 is 0 Å². The third-order valence-corrected chi connectivity index (χ3v) is 4.59. The first kappa shape index (κ1) is 12.8. The Labute approximate surface area is 132 Å². The predicted molar refractivity (Wildman–Crippen MR) is 84.9 cm³/mol. The first-order valence-corrected chi connectivity index (χ1v) is 7.35. The Balaban J connectivity index is 1.98. The van der Waals surface area contributed by atoms with E-state index in [1.807, 2.05) is 36.5 Å². The summed E-state index contributed by atoms with van der Waals surface area (Å²) in [5, 5.41) is 1.13. The van der Waals surface area contributed by atoms with E-state index in [2.05, 4.69) is 22.1 Å². The van der Waals surface area contributed by atoms with Crippen LogP contribution in [0.2, 0.25) is 10.0 Å². The fourth-order valence-electron chi connectivity index (χ4n) is 2.96. The summed E-state index contributed by atoms with van der Waals surface area (Å²) < 4.78 is 0. The molecule has 1 aliphatic carbocycles. The lowest BCUT2D eigenvalue weighted by atomic mass is 9.90. The molecule has 0 N–H and O–H groups in total. The van der Waals surface area contributed by atoms with Crippen LogP contribution in [0.4, 0.5) is 0 Å². The van der Waals surface area contributed by atoms with Crippen molar-refractivity contribution in [3.05, 3.63) is 81.7 Å². The highest BCUT2D eigenvalue weighted by atomic mass is 35.5. The molecule has 21 heavy (non-hydrogen) atoms. The van der Waals surface area contributed by atoms with Crippen molar-refractivity contribution in [1.82, 2.24) is 9.97 Å². The van der Waals surface area contributed by atoms with Crippen molar-refractivity contribution in [2.24, 2.45) is 0 Å². The fraction of sp³-hybridized carbons (Fsp3) is 0.0588. The van der Waals surface area contributed by atoms with Gasteiger partial charge in [-0.3, -0.25) is 0 Å². The van der Waals surface area contributed by atoms with E-state index in [-0.39, 0.29) is 5.92 Å². The van der Waals surface area contributed by atoms with Crippen molar-refractivity contribution in [1.29, 1.82) is 0 Å². The van der Waals surface area contributed by atoms with Gasteiger partial charge in [0.15, 0.2) is 0 Å². The minimum atomic E-state index is 0.104. The second kappa shape index (κ2) is 4.83. The van der Waals surface area contributed by atoms with Crippen LogP contribution in [0.15, 0.2) is 55.0 Å². The average molecular weight is 313 g/mol. The summed E-state index contributed by atoms with van der Waals surface area (Å²) in [5.74, 6) is 0.104. The second-order valence-electron chi connectivity index (χ2n) is 5.02. The Hall–Kier alpha value is -1.90. The average Bonchev–Trinajstić information content (AvgIpc) is 2.85. The smallest absolute Gasteiger partial charge is 0.116 e. The van der Waals surface area contributed by atoms with Crippen LogP contribution in [-0.2, 0) is 0 Å². The van der Waals surface area contributed by atoms with Crippen LogP contribution in [0.1, 0.15) is 22.6 Å². The lowest BCUT2D eigenvalue weighted by Gasteiger charge is -2.14. The summed E-state index contributed by atoms with van der Waals surface area (Å²) in [7, 11) is 0. The van der Waals surface area contributed by atoms with E-state index in [9.17, 15) is 0 Å². The largest absolute Gasteiger partial charge is 0.244 e. The Morgan fingerprint density at radius 3 is 2.62 bits per heavy atom. The molecule has 0 spiro atoms. The molecule has 1 aliphatic rings. The van der Waals surface area contributed by atoms with Crippen LogP contribution < -0.4 is 0 Å². The normalized spacial score (nSPS) is 15.6. The van der Waals surface area contributed by atoms with Crippen LogP contribution in [0.3, 0.4) is 0 Å². The zero-order valence-electron chi connectivity index (χ0n) is 10.9. The quantitative estimate of drug-likeness (QED) is 0.497. The highest BCUT2D eigenvalue weighted by molar-refractivity contribution is 6.42. The van der Waals surface area contributed by atoms with Crippen LogP contribution in [0.5, 0.6) is 0 Å². The van der Waals surface area contributed by atoms with Gasteiger partial charge in [-0.05, 0) is 23.3 Å². The van der Waals surface area contributed by atoms with Crippen molar-refractivity contribution >= 4 is 23.2 Å². The Morgan fingerprint density at radius 2 is 1.76 bits per heavy atom. The molecule has 1 aromatic heterocycles. The number of nitrogens with zero attached hydrogens (tertiary/aromatic N) is 2. The van der Waals surface area contributed by atoms with Gasteiger partial charge in [0.1, 0.15) is 6.33 Å². The molecule has 0 bridgehead atoms. The summed E-state index contributed by atoms with van der Waals surface area (Å²) in [6.45, 7) is 0. The van der Waals surface area contributed by atoms with Gasteiger partial charge >= 0.3 is 0 Å². The first-order chi connectivity index (χ1) is 10.3. The molecule has 0 radical (unpaired) electrons. The van der Waals surface area contributed by atoms with E-state index in [0.29, 0.717) is 10.0 Å². The topological polar surface area (TPSA) is 25.8 Å². The van der Waals surface area contributed by atoms with Crippen LogP contribution in [-0.4, -0.2) is 9.97 Å². The molecule has 3 aromatic rings. The van der Waals surface area contributed by atoms with E-state index >= 15 is 0 Å². The van der Waals surface area contributed by atoms with Crippen LogP contribution >= 0.6 is 23.2 Å². The van der Waals surface area contributed by atoms with Gasteiger partial charge in [0.05, 0.1) is 15.7 Å². The first-order valence-electron chi connectivity index (χ1n) is 6.60. The molecule has 2 nitrogen and oxygen atoms in total. The predicted octanol–water partition coefficient (Wildman–Crippen LogP) is 4.94. The molecule has 0 fully saturated rings. The standard InChI is InChI=1S/C17H10Cl2N2/c18-14-6-5-10(7-15(14)19)16-11-3-1-2-4-12(11)17-13(16)8-20-9-21-17/h1-9,16H. The Morgan fingerprint density at radius 1 is 0.905 bits per heavy atom. The van der Waals surface area contributed by atoms with E-state index in [1.165, 1.54) is 5.56 Å². The highest BCUT2D eigenvalue weighted by Crippen LogP contribution is 2.47. The third-order valence-electron chi connectivity index (χ3n) is 3.86. The summed E-state index contributed by atoms with van der Waals surface area (Å²) >= 11 is 12.2. The lowest BCUT2D eigenvalue weighted by Crippen LogP contribution is -2.00. The van der Waals surface area contributed by atoms with Crippen molar-refractivity contribution in [3.8, 4) is 11.3 Å².